The minimum atomic E-state index is -0.575. The van der Waals surface area contributed by atoms with Gasteiger partial charge in [0.2, 0.25) is 0 Å². The highest BCUT2D eigenvalue weighted by atomic mass is 16.4. The average Bonchev–Trinajstić information content (AvgIpc) is 2.09. The minimum Gasteiger partial charge on any atom is -0.481 e. The number of hydrogen-bond acceptors (Lipinski definition) is 1. The van der Waals surface area contributed by atoms with Crippen LogP contribution in [0.2, 0.25) is 0 Å². The fourth-order valence-corrected chi connectivity index (χ4v) is 2.29. The van der Waals surface area contributed by atoms with E-state index in [1.54, 1.807) is 0 Å². The molecular weight excluding hydrogens is 128 g/mol. The Morgan fingerprint density at radius 3 is 2.00 bits per heavy atom. The van der Waals surface area contributed by atoms with Crippen LogP contribution in [0.3, 0.4) is 0 Å². The Bertz CT molecular complexity index is 153. The summed E-state index contributed by atoms with van der Waals surface area (Å²) >= 11 is 0. The summed E-state index contributed by atoms with van der Waals surface area (Å²) in [5.41, 5.74) is 0. The van der Waals surface area contributed by atoms with Gasteiger partial charge in [-0.25, -0.2) is 0 Å². The molecule has 2 heteroatoms. The van der Waals surface area contributed by atoms with Gasteiger partial charge in [0.05, 0.1) is 5.92 Å². The Kier molecular flexibility index (Phi) is 1.22. The second kappa shape index (κ2) is 1.97. The van der Waals surface area contributed by atoms with Crippen LogP contribution in [0.5, 0.6) is 0 Å². The third kappa shape index (κ3) is 0.746. The first kappa shape index (κ1) is 6.20. The fraction of sp³-hybridized carbons (Fsp3) is 0.875. The number of rotatable bonds is 1. The highest BCUT2D eigenvalue weighted by Crippen LogP contribution is 2.49. The van der Waals surface area contributed by atoms with Crippen LogP contribution in [0.1, 0.15) is 25.7 Å². The summed E-state index contributed by atoms with van der Waals surface area (Å²) < 4.78 is 0. The van der Waals surface area contributed by atoms with Gasteiger partial charge in [-0.15, -0.1) is 0 Å². The number of carboxylic acids is 1. The Morgan fingerprint density at radius 1 is 1.20 bits per heavy atom. The Morgan fingerprint density at radius 2 is 1.70 bits per heavy atom. The highest BCUT2D eigenvalue weighted by molar-refractivity contribution is 5.70. The van der Waals surface area contributed by atoms with Crippen molar-refractivity contribution in [3.63, 3.8) is 0 Å². The molecule has 56 valence electrons. The minimum absolute atomic E-state index is 0.00231. The summed E-state index contributed by atoms with van der Waals surface area (Å²) in [5, 5.41) is 8.68. The van der Waals surface area contributed by atoms with Crippen LogP contribution in [0, 0.1) is 17.8 Å². The lowest BCUT2D eigenvalue weighted by molar-refractivity contribution is -0.141. The van der Waals surface area contributed by atoms with Gasteiger partial charge in [-0.3, -0.25) is 4.79 Å². The van der Waals surface area contributed by atoms with Gasteiger partial charge in [0.1, 0.15) is 0 Å². The van der Waals surface area contributed by atoms with Crippen molar-refractivity contribution in [2.45, 2.75) is 25.7 Å². The Labute approximate surface area is 60.2 Å². The van der Waals surface area contributed by atoms with Crippen molar-refractivity contribution in [3.05, 3.63) is 0 Å². The molecule has 10 heavy (non-hydrogen) atoms. The molecule has 0 radical (unpaired) electrons. The van der Waals surface area contributed by atoms with Crippen LogP contribution in [0.25, 0.3) is 0 Å². The molecule has 2 atom stereocenters. The molecule has 2 saturated carbocycles. The molecule has 0 aliphatic heterocycles. The number of carboxylic acid groups (broad SMARTS) is 1. The van der Waals surface area contributed by atoms with Crippen LogP contribution in [0.15, 0.2) is 0 Å². The van der Waals surface area contributed by atoms with Gasteiger partial charge in [-0.05, 0) is 37.5 Å². The van der Waals surface area contributed by atoms with Gasteiger partial charge in [0.15, 0.2) is 0 Å². The van der Waals surface area contributed by atoms with E-state index in [9.17, 15) is 4.79 Å². The maximum Gasteiger partial charge on any atom is 0.306 e. The third-order valence-electron chi connectivity index (χ3n) is 3.10. The van der Waals surface area contributed by atoms with Crippen molar-refractivity contribution < 1.29 is 9.90 Å². The van der Waals surface area contributed by atoms with Gasteiger partial charge < -0.3 is 5.11 Å². The molecular formula is C8H12O2. The highest BCUT2D eigenvalue weighted by Gasteiger charge is 2.42. The molecule has 2 unspecified atom stereocenters. The van der Waals surface area contributed by atoms with E-state index in [1.165, 1.54) is 12.8 Å². The van der Waals surface area contributed by atoms with Crippen LogP contribution < -0.4 is 0 Å². The third-order valence-corrected chi connectivity index (χ3v) is 3.10. The monoisotopic (exact) mass is 140 g/mol. The lowest BCUT2D eigenvalue weighted by atomic mass is 9.77. The topological polar surface area (TPSA) is 37.3 Å². The summed E-state index contributed by atoms with van der Waals surface area (Å²) in [4.78, 5) is 10.5. The van der Waals surface area contributed by atoms with Crippen molar-refractivity contribution in [3.8, 4) is 0 Å². The smallest absolute Gasteiger partial charge is 0.306 e. The summed E-state index contributed by atoms with van der Waals surface area (Å²) in [6, 6.07) is 0. The number of hydrogen-bond donors (Lipinski definition) is 1. The molecule has 0 spiro atoms. The molecule has 2 rings (SSSR count). The van der Waals surface area contributed by atoms with Gasteiger partial charge >= 0.3 is 5.97 Å². The van der Waals surface area contributed by atoms with Crippen LogP contribution in [0.4, 0.5) is 0 Å². The van der Waals surface area contributed by atoms with E-state index >= 15 is 0 Å². The maximum absolute atomic E-state index is 10.5. The molecule has 0 heterocycles. The fourth-order valence-electron chi connectivity index (χ4n) is 2.29. The van der Waals surface area contributed by atoms with E-state index in [2.05, 4.69) is 0 Å². The van der Waals surface area contributed by atoms with Crippen molar-refractivity contribution in [2.24, 2.45) is 17.8 Å². The second-order valence-corrected chi connectivity index (χ2v) is 3.60. The molecule has 2 aliphatic carbocycles. The normalized spacial score (nSPS) is 44.2. The lowest BCUT2D eigenvalue weighted by Crippen LogP contribution is -2.18. The Hall–Kier alpha value is -0.530. The van der Waals surface area contributed by atoms with Gasteiger partial charge in [0, 0.05) is 0 Å². The molecule has 2 aliphatic rings. The van der Waals surface area contributed by atoms with E-state index in [1.807, 2.05) is 0 Å². The zero-order chi connectivity index (χ0) is 7.14. The van der Waals surface area contributed by atoms with Crippen molar-refractivity contribution in [1.82, 2.24) is 0 Å². The summed E-state index contributed by atoms with van der Waals surface area (Å²) in [7, 11) is 0. The van der Waals surface area contributed by atoms with E-state index < -0.39 is 5.97 Å². The average molecular weight is 140 g/mol. The van der Waals surface area contributed by atoms with Crippen LogP contribution >= 0.6 is 0 Å². The quantitative estimate of drug-likeness (QED) is 0.599. The molecule has 0 aromatic carbocycles. The molecule has 0 aromatic heterocycles. The maximum atomic E-state index is 10.5. The summed E-state index contributed by atoms with van der Waals surface area (Å²) in [6.45, 7) is 0. The van der Waals surface area contributed by atoms with Gasteiger partial charge in [0.25, 0.3) is 0 Å². The summed E-state index contributed by atoms with van der Waals surface area (Å²) in [6.07, 6.45) is 4.49. The first-order valence-electron chi connectivity index (χ1n) is 4.00. The number of aliphatic carboxylic acids is 1. The van der Waals surface area contributed by atoms with Crippen molar-refractivity contribution in [1.29, 1.82) is 0 Å². The van der Waals surface area contributed by atoms with Crippen molar-refractivity contribution >= 4 is 5.97 Å². The van der Waals surface area contributed by atoms with E-state index in [-0.39, 0.29) is 5.92 Å². The molecule has 0 bridgehead atoms. The summed E-state index contributed by atoms with van der Waals surface area (Å²) in [5.74, 6) is 0.981. The van der Waals surface area contributed by atoms with Crippen LogP contribution in [-0.4, -0.2) is 11.1 Å². The SMILES string of the molecule is O=C(O)C1CC2CCC2C1. The number of carbonyl (C=O) groups is 1. The van der Waals surface area contributed by atoms with Crippen molar-refractivity contribution in [2.75, 3.05) is 0 Å². The van der Waals surface area contributed by atoms with Crippen LogP contribution in [-0.2, 0) is 4.79 Å². The molecule has 2 fully saturated rings. The van der Waals surface area contributed by atoms with Gasteiger partial charge in [-0.2, -0.15) is 0 Å². The van der Waals surface area contributed by atoms with E-state index in [0.717, 1.165) is 24.7 Å². The predicted molar refractivity (Wildman–Crippen MR) is 36.6 cm³/mol. The first-order valence-corrected chi connectivity index (χ1v) is 4.00. The zero-order valence-corrected chi connectivity index (χ0v) is 5.92. The largest absolute Gasteiger partial charge is 0.481 e. The number of fused-ring (bicyclic) bond motifs is 1. The second-order valence-electron chi connectivity index (χ2n) is 3.60. The molecule has 2 nitrogen and oxygen atoms in total. The molecule has 0 amide bonds. The first-order chi connectivity index (χ1) is 4.77. The Balaban J connectivity index is 1.98. The molecule has 0 saturated heterocycles. The van der Waals surface area contributed by atoms with E-state index in [4.69, 9.17) is 5.11 Å². The molecule has 1 N–H and O–H groups in total. The van der Waals surface area contributed by atoms with E-state index in [0.29, 0.717) is 0 Å². The predicted octanol–water partition coefficient (Wildman–Crippen LogP) is 1.51. The standard InChI is InChI=1S/C8H12O2/c9-8(10)7-3-5-1-2-6(5)4-7/h5-7H,1-4H2,(H,9,10). The van der Waals surface area contributed by atoms with Gasteiger partial charge in [-0.1, -0.05) is 0 Å². The zero-order valence-electron chi connectivity index (χ0n) is 5.92. The lowest BCUT2D eigenvalue weighted by Gasteiger charge is -2.29. The molecule has 0 aromatic rings.